The molecule has 0 spiro atoms. The lowest BCUT2D eigenvalue weighted by molar-refractivity contribution is -0.125. The van der Waals surface area contributed by atoms with E-state index in [2.05, 4.69) is 0 Å². The maximum atomic E-state index is 12.0. The molecular formula is C15H13N3O6S. The molecule has 1 atom stereocenters. The van der Waals surface area contributed by atoms with Crippen molar-refractivity contribution in [2.45, 2.75) is 11.0 Å². The van der Waals surface area contributed by atoms with Crippen LogP contribution >= 0.6 is 0 Å². The van der Waals surface area contributed by atoms with Gasteiger partial charge in [0.1, 0.15) is 5.71 Å². The van der Waals surface area contributed by atoms with E-state index in [9.17, 15) is 27.6 Å². The number of rotatable bonds is 3. The Morgan fingerprint density at radius 3 is 1.88 bits per heavy atom. The second-order valence-corrected chi connectivity index (χ2v) is 7.18. The Morgan fingerprint density at radius 1 is 0.920 bits per heavy atom. The predicted molar refractivity (Wildman–Crippen MR) is 86.0 cm³/mol. The number of carbonyl (C=O) groups is 4. The third-order valence-electron chi connectivity index (χ3n) is 3.18. The fourth-order valence-corrected chi connectivity index (χ4v) is 3.76. The van der Waals surface area contributed by atoms with Crippen molar-refractivity contribution < 1.29 is 27.6 Å². The highest BCUT2D eigenvalue weighted by molar-refractivity contribution is 7.93. The third-order valence-corrected chi connectivity index (χ3v) is 5.09. The van der Waals surface area contributed by atoms with E-state index in [1.54, 1.807) is 30.3 Å². The summed E-state index contributed by atoms with van der Waals surface area (Å²) in [5.41, 5.74) is -0.201. The van der Waals surface area contributed by atoms with Gasteiger partial charge in [0, 0.05) is 12.2 Å². The summed E-state index contributed by atoms with van der Waals surface area (Å²) in [4.78, 5) is 42.5. The van der Waals surface area contributed by atoms with Gasteiger partial charge in [0.15, 0.2) is 15.1 Å². The Morgan fingerprint density at radius 2 is 1.48 bits per heavy atom. The third kappa shape index (κ3) is 4.44. The number of benzene rings is 1. The van der Waals surface area contributed by atoms with E-state index in [1.165, 1.54) is 12.2 Å². The van der Waals surface area contributed by atoms with Gasteiger partial charge in [-0.05, 0) is 5.56 Å². The molecule has 1 unspecified atom stereocenters. The number of imide groups is 2. The van der Waals surface area contributed by atoms with Crippen LogP contribution in [0.2, 0.25) is 0 Å². The molecule has 0 radical (unpaired) electrons. The maximum absolute atomic E-state index is 12.0. The molecular weight excluding hydrogens is 350 g/mol. The van der Waals surface area contributed by atoms with Gasteiger partial charge >= 0.3 is 0 Å². The summed E-state index contributed by atoms with van der Waals surface area (Å²) in [6.45, 7) is 0. The van der Waals surface area contributed by atoms with Gasteiger partial charge in [0.2, 0.25) is 0 Å². The molecule has 0 saturated carbocycles. The Kier molecular flexibility index (Phi) is 5.22. The van der Waals surface area contributed by atoms with E-state index >= 15 is 0 Å². The minimum Gasteiger partial charge on any atom is -0.298 e. The molecule has 1 saturated heterocycles. The molecule has 2 aliphatic heterocycles. The molecule has 1 fully saturated rings. The largest absolute Gasteiger partial charge is 0.298 e. The molecule has 3 rings (SSSR count). The Bertz CT molecular complexity index is 873. The average Bonchev–Trinajstić information content (AvgIpc) is 3.02. The van der Waals surface area contributed by atoms with Crippen molar-refractivity contribution in [2.24, 2.45) is 0 Å². The van der Waals surface area contributed by atoms with Crippen molar-refractivity contribution in [3.05, 3.63) is 48.0 Å². The molecule has 10 heteroatoms. The predicted octanol–water partition coefficient (Wildman–Crippen LogP) is -1.15. The molecule has 3 N–H and O–H groups in total. The van der Waals surface area contributed by atoms with Crippen LogP contribution in [0.1, 0.15) is 5.56 Å². The topological polar surface area (TPSA) is 150 Å². The zero-order chi connectivity index (χ0) is 18.6. The number of hydrogen-bond donors (Lipinski definition) is 3. The minimum atomic E-state index is -3.90. The van der Waals surface area contributed by atoms with E-state index < -0.39 is 32.6 Å². The van der Waals surface area contributed by atoms with Crippen LogP contribution in [0, 0.1) is 5.41 Å². The molecule has 2 heterocycles. The fourth-order valence-electron chi connectivity index (χ4n) is 2.08. The Labute approximate surface area is 142 Å². The monoisotopic (exact) mass is 363 g/mol. The van der Waals surface area contributed by atoms with Crippen molar-refractivity contribution in [2.75, 3.05) is 0 Å². The maximum Gasteiger partial charge on any atom is 0.273 e. The zero-order valence-corrected chi connectivity index (χ0v) is 13.5. The summed E-state index contributed by atoms with van der Waals surface area (Å²) in [7, 11) is -3.90. The van der Waals surface area contributed by atoms with Crippen molar-refractivity contribution in [1.29, 1.82) is 5.41 Å². The summed E-state index contributed by atoms with van der Waals surface area (Å²) >= 11 is 0. The first-order valence-corrected chi connectivity index (χ1v) is 8.64. The highest BCUT2D eigenvalue weighted by atomic mass is 32.2. The standard InChI is InChI=1S/C11H10N2O4S.C4H3NO2/c12-8-9(11(15)13-10(8)14)18(16,17)6-7-4-2-1-3-5-7;6-3-1-2-4(7)5-3/h1-5,9,12H,6H2,(H,13,14,15);1-2H,(H,5,6,7). The molecule has 1 aromatic rings. The van der Waals surface area contributed by atoms with Crippen LogP contribution in [0.15, 0.2) is 42.5 Å². The molecule has 4 amide bonds. The average molecular weight is 363 g/mol. The highest BCUT2D eigenvalue weighted by Crippen LogP contribution is 2.15. The molecule has 1 aromatic carbocycles. The summed E-state index contributed by atoms with van der Waals surface area (Å²) in [5.74, 6) is -2.92. The van der Waals surface area contributed by atoms with Gasteiger partial charge in [-0.15, -0.1) is 0 Å². The number of amides is 4. The fraction of sp³-hybridized carbons (Fsp3) is 0.133. The van der Waals surface area contributed by atoms with Gasteiger partial charge in [0.25, 0.3) is 23.6 Å². The van der Waals surface area contributed by atoms with E-state index in [4.69, 9.17) is 5.41 Å². The lowest BCUT2D eigenvalue weighted by Crippen LogP contribution is -2.34. The first-order chi connectivity index (χ1) is 11.7. The van der Waals surface area contributed by atoms with Gasteiger partial charge in [-0.1, -0.05) is 30.3 Å². The molecule has 25 heavy (non-hydrogen) atoms. The van der Waals surface area contributed by atoms with Gasteiger partial charge in [-0.25, -0.2) is 8.42 Å². The molecule has 0 bridgehead atoms. The number of nitrogens with one attached hydrogen (secondary N) is 3. The minimum absolute atomic E-state index is 0.329. The van der Waals surface area contributed by atoms with Gasteiger partial charge in [-0.3, -0.25) is 35.2 Å². The van der Waals surface area contributed by atoms with E-state index in [1.807, 2.05) is 10.6 Å². The Hall–Kier alpha value is -3.14. The summed E-state index contributed by atoms with van der Waals surface area (Å²) in [6, 6.07) is 8.31. The lowest BCUT2D eigenvalue weighted by atomic mass is 10.2. The number of hydrogen-bond acceptors (Lipinski definition) is 7. The van der Waals surface area contributed by atoms with Gasteiger partial charge < -0.3 is 0 Å². The first-order valence-electron chi connectivity index (χ1n) is 6.93. The molecule has 130 valence electrons. The van der Waals surface area contributed by atoms with Crippen LogP contribution in [-0.2, 0) is 34.8 Å². The van der Waals surface area contributed by atoms with Crippen LogP contribution in [0.25, 0.3) is 0 Å². The summed E-state index contributed by atoms with van der Waals surface area (Å²) in [5, 5.41) is 9.52. The zero-order valence-electron chi connectivity index (χ0n) is 12.7. The second-order valence-electron chi connectivity index (χ2n) is 5.09. The van der Waals surface area contributed by atoms with E-state index in [0.717, 1.165) is 0 Å². The van der Waals surface area contributed by atoms with Crippen LogP contribution in [0.3, 0.4) is 0 Å². The summed E-state index contributed by atoms with van der Waals surface area (Å²) < 4.78 is 24.0. The van der Waals surface area contributed by atoms with Crippen LogP contribution in [0.5, 0.6) is 0 Å². The molecule has 0 aromatic heterocycles. The van der Waals surface area contributed by atoms with Crippen molar-refractivity contribution in [3.63, 3.8) is 0 Å². The van der Waals surface area contributed by atoms with Crippen LogP contribution < -0.4 is 10.6 Å². The van der Waals surface area contributed by atoms with Crippen LogP contribution in [0.4, 0.5) is 0 Å². The number of sulfone groups is 1. The first kappa shape index (κ1) is 18.2. The smallest absolute Gasteiger partial charge is 0.273 e. The summed E-state index contributed by atoms with van der Waals surface area (Å²) in [6.07, 6.45) is 2.39. The van der Waals surface area contributed by atoms with E-state index in [-0.39, 0.29) is 17.6 Å². The SMILES string of the molecule is N=C1C(=O)NC(=O)C1S(=O)(=O)Cc1ccccc1.O=C1C=CC(=O)N1. The molecule has 0 aliphatic carbocycles. The normalized spacial score (nSPS) is 19.4. The van der Waals surface area contributed by atoms with Gasteiger partial charge in [-0.2, -0.15) is 0 Å². The quantitative estimate of drug-likeness (QED) is 0.577. The molecule has 2 aliphatic rings. The lowest BCUT2D eigenvalue weighted by Gasteiger charge is -2.08. The van der Waals surface area contributed by atoms with E-state index in [0.29, 0.717) is 5.56 Å². The Balaban J connectivity index is 0.000000269. The van der Waals surface area contributed by atoms with Crippen LogP contribution in [-0.4, -0.2) is 43.0 Å². The van der Waals surface area contributed by atoms with Gasteiger partial charge in [0.05, 0.1) is 5.75 Å². The number of carbonyl (C=O) groups excluding carboxylic acids is 4. The van der Waals surface area contributed by atoms with Crippen molar-refractivity contribution in [3.8, 4) is 0 Å². The van der Waals surface area contributed by atoms with Crippen molar-refractivity contribution >= 4 is 39.2 Å². The molecule has 9 nitrogen and oxygen atoms in total. The second kappa shape index (κ2) is 7.18. The van der Waals surface area contributed by atoms with Crippen molar-refractivity contribution in [1.82, 2.24) is 10.6 Å². The highest BCUT2D eigenvalue weighted by Gasteiger charge is 2.45.